The van der Waals surface area contributed by atoms with Gasteiger partial charge in [-0.05, 0) is 37.9 Å². The lowest BCUT2D eigenvalue weighted by molar-refractivity contribution is -0.121. The van der Waals surface area contributed by atoms with Gasteiger partial charge in [0, 0.05) is 32.2 Å². The predicted octanol–water partition coefficient (Wildman–Crippen LogP) is 1.76. The quantitative estimate of drug-likeness (QED) is 0.667. The Morgan fingerprint density at radius 2 is 1.95 bits per heavy atom. The number of hydrogen-bond acceptors (Lipinski definition) is 3. The van der Waals surface area contributed by atoms with Crippen molar-refractivity contribution in [3.63, 3.8) is 0 Å². The van der Waals surface area contributed by atoms with Crippen LogP contribution in [-0.2, 0) is 4.79 Å². The van der Waals surface area contributed by atoms with Crippen LogP contribution in [0.1, 0.15) is 25.7 Å². The van der Waals surface area contributed by atoms with E-state index in [1.807, 2.05) is 18.2 Å². The van der Waals surface area contributed by atoms with E-state index in [1.165, 1.54) is 5.69 Å². The summed E-state index contributed by atoms with van der Waals surface area (Å²) in [4.78, 5) is 13.7. The number of rotatable bonds is 9. The normalized spacial score (nSPS) is 10.2. The third-order valence-electron chi connectivity index (χ3n) is 3.05. The first kappa shape index (κ1) is 15.5. The molecule has 0 aliphatic heterocycles. The van der Waals surface area contributed by atoms with E-state index >= 15 is 0 Å². The molecule has 0 atom stereocenters. The van der Waals surface area contributed by atoms with E-state index in [4.69, 9.17) is 5.73 Å². The van der Waals surface area contributed by atoms with Crippen molar-refractivity contribution in [2.24, 2.45) is 5.73 Å². The Morgan fingerprint density at radius 1 is 1.21 bits per heavy atom. The molecule has 0 aromatic heterocycles. The first-order chi connectivity index (χ1) is 9.24. The van der Waals surface area contributed by atoms with Gasteiger partial charge in [0.25, 0.3) is 0 Å². The Kier molecular flexibility index (Phi) is 7.66. The number of hydrogen-bond donors (Lipinski definition) is 2. The maximum atomic E-state index is 11.5. The summed E-state index contributed by atoms with van der Waals surface area (Å²) in [5.74, 6) is 0.135. The molecule has 106 valence electrons. The molecular formula is C15H25N3O. The molecule has 1 amide bonds. The van der Waals surface area contributed by atoms with Gasteiger partial charge in [-0.3, -0.25) is 4.79 Å². The van der Waals surface area contributed by atoms with Gasteiger partial charge < -0.3 is 16.0 Å². The van der Waals surface area contributed by atoms with E-state index in [-0.39, 0.29) is 5.91 Å². The Hall–Kier alpha value is -1.55. The molecule has 19 heavy (non-hydrogen) atoms. The van der Waals surface area contributed by atoms with Crippen molar-refractivity contribution in [3.05, 3.63) is 30.3 Å². The minimum absolute atomic E-state index is 0.135. The number of carbonyl (C=O) groups excluding carboxylic acids is 1. The van der Waals surface area contributed by atoms with E-state index in [0.29, 0.717) is 13.0 Å². The highest BCUT2D eigenvalue weighted by Crippen LogP contribution is 2.10. The van der Waals surface area contributed by atoms with Gasteiger partial charge in [-0.25, -0.2) is 0 Å². The van der Waals surface area contributed by atoms with Gasteiger partial charge in [0.05, 0.1) is 0 Å². The summed E-state index contributed by atoms with van der Waals surface area (Å²) in [5, 5.41) is 2.94. The molecule has 3 N–H and O–H groups in total. The van der Waals surface area contributed by atoms with Gasteiger partial charge in [0.15, 0.2) is 0 Å². The summed E-state index contributed by atoms with van der Waals surface area (Å²) in [5.41, 5.74) is 6.59. The largest absolute Gasteiger partial charge is 0.375 e. The van der Waals surface area contributed by atoms with Crippen LogP contribution in [0.4, 0.5) is 5.69 Å². The molecule has 1 rings (SSSR count). The van der Waals surface area contributed by atoms with Crippen molar-refractivity contribution in [1.82, 2.24) is 5.32 Å². The van der Waals surface area contributed by atoms with Crippen LogP contribution in [0, 0.1) is 0 Å². The number of nitrogens with zero attached hydrogens (tertiary/aromatic N) is 1. The van der Waals surface area contributed by atoms with E-state index in [9.17, 15) is 4.79 Å². The molecule has 4 heteroatoms. The predicted molar refractivity (Wildman–Crippen MR) is 80.2 cm³/mol. The number of para-hydroxylation sites is 1. The number of anilines is 1. The average molecular weight is 263 g/mol. The van der Waals surface area contributed by atoms with Crippen molar-refractivity contribution >= 4 is 11.6 Å². The highest BCUT2D eigenvalue weighted by molar-refractivity contribution is 5.75. The lowest BCUT2D eigenvalue weighted by Gasteiger charge is -2.19. The van der Waals surface area contributed by atoms with Crippen molar-refractivity contribution in [1.29, 1.82) is 0 Å². The van der Waals surface area contributed by atoms with Crippen molar-refractivity contribution in [3.8, 4) is 0 Å². The lowest BCUT2D eigenvalue weighted by atomic mass is 10.2. The zero-order chi connectivity index (χ0) is 13.9. The summed E-state index contributed by atoms with van der Waals surface area (Å²) in [6.45, 7) is 2.33. The van der Waals surface area contributed by atoms with Crippen molar-refractivity contribution in [2.45, 2.75) is 25.7 Å². The minimum atomic E-state index is 0.135. The molecule has 0 saturated heterocycles. The summed E-state index contributed by atoms with van der Waals surface area (Å²) < 4.78 is 0. The Morgan fingerprint density at radius 3 is 2.63 bits per heavy atom. The molecule has 1 aromatic carbocycles. The maximum Gasteiger partial charge on any atom is 0.219 e. The van der Waals surface area contributed by atoms with Gasteiger partial charge in [0.1, 0.15) is 0 Å². The van der Waals surface area contributed by atoms with Gasteiger partial charge in [0.2, 0.25) is 5.91 Å². The maximum absolute atomic E-state index is 11.5. The minimum Gasteiger partial charge on any atom is -0.375 e. The summed E-state index contributed by atoms with van der Waals surface area (Å²) in [6.07, 6.45) is 3.34. The van der Waals surface area contributed by atoms with Crippen LogP contribution < -0.4 is 16.0 Å². The number of nitrogens with two attached hydrogens (primary N) is 1. The Balaban J connectivity index is 2.09. The van der Waals surface area contributed by atoms with Crippen LogP contribution in [0.25, 0.3) is 0 Å². The smallest absolute Gasteiger partial charge is 0.219 e. The second kappa shape index (κ2) is 9.39. The van der Waals surface area contributed by atoms with Crippen LogP contribution >= 0.6 is 0 Å². The fraction of sp³-hybridized carbons (Fsp3) is 0.533. The molecule has 4 nitrogen and oxygen atoms in total. The Bertz CT molecular complexity index is 354. The molecule has 0 unspecified atom stereocenters. The number of nitrogens with one attached hydrogen (secondary N) is 1. The summed E-state index contributed by atoms with van der Waals surface area (Å²) in [6, 6.07) is 10.3. The molecule has 0 fully saturated rings. The second-order valence-electron chi connectivity index (χ2n) is 4.71. The zero-order valence-corrected chi connectivity index (χ0v) is 11.8. The molecule has 0 aliphatic rings. The van der Waals surface area contributed by atoms with E-state index < -0.39 is 0 Å². The topological polar surface area (TPSA) is 58.4 Å². The lowest BCUT2D eigenvalue weighted by Crippen LogP contribution is -2.28. The van der Waals surface area contributed by atoms with E-state index in [0.717, 1.165) is 32.4 Å². The number of amides is 1. The molecular weight excluding hydrogens is 238 g/mol. The van der Waals surface area contributed by atoms with Crippen LogP contribution in [0.3, 0.4) is 0 Å². The van der Waals surface area contributed by atoms with Crippen LogP contribution in [0.2, 0.25) is 0 Å². The number of carbonyl (C=O) groups is 1. The van der Waals surface area contributed by atoms with Crippen molar-refractivity contribution < 1.29 is 4.79 Å². The van der Waals surface area contributed by atoms with Crippen LogP contribution in [0.5, 0.6) is 0 Å². The average Bonchev–Trinajstić information content (AvgIpc) is 2.44. The molecule has 0 spiro atoms. The van der Waals surface area contributed by atoms with Crippen molar-refractivity contribution in [2.75, 3.05) is 31.6 Å². The number of unbranched alkanes of at least 4 members (excludes halogenated alkanes) is 1. The third-order valence-corrected chi connectivity index (χ3v) is 3.05. The molecule has 0 heterocycles. The Labute approximate surface area is 116 Å². The van der Waals surface area contributed by atoms with Crippen LogP contribution in [-0.4, -0.2) is 32.6 Å². The first-order valence-electron chi connectivity index (χ1n) is 6.97. The van der Waals surface area contributed by atoms with Gasteiger partial charge in [-0.1, -0.05) is 18.2 Å². The van der Waals surface area contributed by atoms with Crippen LogP contribution in [0.15, 0.2) is 30.3 Å². The van der Waals surface area contributed by atoms with Gasteiger partial charge >= 0.3 is 0 Å². The number of benzene rings is 1. The zero-order valence-electron chi connectivity index (χ0n) is 11.8. The van der Waals surface area contributed by atoms with E-state index in [1.54, 1.807) is 0 Å². The fourth-order valence-corrected chi connectivity index (χ4v) is 1.87. The van der Waals surface area contributed by atoms with E-state index in [2.05, 4.69) is 29.4 Å². The highest BCUT2D eigenvalue weighted by atomic mass is 16.1. The molecule has 0 saturated carbocycles. The summed E-state index contributed by atoms with van der Waals surface area (Å²) >= 11 is 0. The molecule has 1 aromatic rings. The SMILES string of the molecule is CN(CCCNC(=O)CCCCN)c1ccccc1. The summed E-state index contributed by atoms with van der Waals surface area (Å²) in [7, 11) is 2.07. The second-order valence-corrected chi connectivity index (χ2v) is 4.71. The van der Waals surface area contributed by atoms with Gasteiger partial charge in [-0.15, -0.1) is 0 Å². The molecule has 0 aliphatic carbocycles. The highest BCUT2D eigenvalue weighted by Gasteiger charge is 2.02. The third kappa shape index (κ3) is 6.82. The molecule has 0 bridgehead atoms. The fourth-order valence-electron chi connectivity index (χ4n) is 1.87. The standard InChI is InChI=1S/C15H25N3O/c1-18(14-8-3-2-4-9-14)13-7-12-17-15(19)10-5-6-11-16/h2-4,8-9H,5-7,10-13,16H2,1H3,(H,17,19). The van der Waals surface area contributed by atoms with Gasteiger partial charge in [-0.2, -0.15) is 0 Å². The molecule has 0 radical (unpaired) electrons. The monoisotopic (exact) mass is 263 g/mol. The first-order valence-corrected chi connectivity index (χ1v) is 6.97.